The van der Waals surface area contributed by atoms with Gasteiger partial charge in [-0.05, 0) is 37.7 Å². The van der Waals surface area contributed by atoms with Gasteiger partial charge in [0.05, 0.1) is 24.6 Å². The van der Waals surface area contributed by atoms with Gasteiger partial charge in [0.25, 0.3) is 0 Å². The Labute approximate surface area is 195 Å². The number of aromatic amines is 1. The molecule has 180 valence electrons. The van der Waals surface area contributed by atoms with Crippen molar-refractivity contribution in [2.45, 2.75) is 26.3 Å². The number of rotatable bonds is 7. The fourth-order valence-corrected chi connectivity index (χ4v) is 4.43. The average Bonchev–Trinajstić information content (AvgIpc) is 3.49. The predicted octanol–water partition coefficient (Wildman–Crippen LogP) is 4.03. The largest absolute Gasteiger partial charge is 0.495 e. The molecule has 10 heteroatoms. The number of ketones is 1. The van der Waals surface area contributed by atoms with Gasteiger partial charge >= 0.3 is 6.03 Å². The van der Waals surface area contributed by atoms with Gasteiger partial charge in [-0.1, -0.05) is 13.8 Å². The van der Waals surface area contributed by atoms with Crippen LogP contribution in [0.1, 0.15) is 36.2 Å². The summed E-state index contributed by atoms with van der Waals surface area (Å²) < 4.78 is 35.1. The standard InChI is InChI=1S/C24H27F2N5O3/c1-4-30(5-2)14-8-9-31(13-14)24(33)29-19-7-6-18(25)20(21(19)26)22(32)17-12-28-23-16(17)10-15(34-3)11-27-23/h6-7,10-12,14H,4-5,8-9,13H2,1-3H3,(H,27,28)(H,29,33). The number of urea groups is 1. The highest BCUT2D eigenvalue weighted by Gasteiger charge is 2.30. The van der Waals surface area contributed by atoms with Crippen LogP contribution < -0.4 is 10.1 Å². The molecule has 0 saturated carbocycles. The van der Waals surface area contributed by atoms with Gasteiger partial charge in [0.2, 0.25) is 5.78 Å². The first-order valence-corrected chi connectivity index (χ1v) is 11.2. The third-order valence-corrected chi connectivity index (χ3v) is 6.33. The van der Waals surface area contributed by atoms with Crippen LogP contribution >= 0.6 is 0 Å². The fraction of sp³-hybridized carbons (Fsp3) is 0.375. The van der Waals surface area contributed by atoms with E-state index in [2.05, 4.69) is 34.0 Å². The summed E-state index contributed by atoms with van der Waals surface area (Å²) >= 11 is 0. The number of likely N-dealkylation sites (tertiary alicyclic amines) is 1. The average molecular weight is 472 g/mol. The fourth-order valence-electron chi connectivity index (χ4n) is 4.43. The van der Waals surface area contributed by atoms with Crippen molar-refractivity contribution in [3.8, 4) is 5.75 Å². The van der Waals surface area contributed by atoms with Crippen LogP contribution in [-0.4, -0.2) is 70.9 Å². The van der Waals surface area contributed by atoms with Gasteiger partial charge in [-0.3, -0.25) is 9.69 Å². The molecule has 1 aliphatic rings. The molecular formula is C24H27F2N5O3. The minimum absolute atomic E-state index is 0.0456. The number of methoxy groups -OCH3 is 1. The van der Waals surface area contributed by atoms with Gasteiger partial charge in [0, 0.05) is 36.3 Å². The number of carbonyl (C=O) groups is 2. The molecule has 1 atom stereocenters. The Hall–Kier alpha value is -3.53. The molecule has 3 heterocycles. The van der Waals surface area contributed by atoms with Crippen LogP contribution in [-0.2, 0) is 0 Å². The molecule has 3 aromatic rings. The minimum atomic E-state index is -1.12. The Morgan fingerprint density at radius 3 is 2.76 bits per heavy atom. The number of ether oxygens (including phenoxy) is 1. The number of hydrogen-bond donors (Lipinski definition) is 2. The Morgan fingerprint density at radius 2 is 2.06 bits per heavy atom. The number of nitrogens with zero attached hydrogens (tertiary/aromatic N) is 3. The third kappa shape index (κ3) is 4.33. The normalized spacial score (nSPS) is 15.8. The van der Waals surface area contributed by atoms with Crippen molar-refractivity contribution in [3.63, 3.8) is 0 Å². The van der Waals surface area contributed by atoms with E-state index in [9.17, 15) is 14.0 Å². The number of amides is 2. The summed E-state index contributed by atoms with van der Waals surface area (Å²) in [6, 6.07) is 3.41. The zero-order chi connectivity index (χ0) is 24.4. The summed E-state index contributed by atoms with van der Waals surface area (Å²) in [5.74, 6) is -2.61. The van der Waals surface area contributed by atoms with Crippen molar-refractivity contribution in [1.29, 1.82) is 0 Å². The van der Waals surface area contributed by atoms with Gasteiger partial charge in [0.15, 0.2) is 5.82 Å². The molecule has 0 spiro atoms. The first kappa shape index (κ1) is 23.6. The number of nitrogens with one attached hydrogen (secondary N) is 2. The van der Waals surface area contributed by atoms with Gasteiger partial charge in [-0.15, -0.1) is 0 Å². The molecule has 34 heavy (non-hydrogen) atoms. The Kier molecular flexibility index (Phi) is 6.78. The van der Waals surface area contributed by atoms with Crippen LogP contribution in [0.15, 0.2) is 30.6 Å². The van der Waals surface area contributed by atoms with Crippen molar-refractivity contribution >= 4 is 28.5 Å². The van der Waals surface area contributed by atoms with Crippen molar-refractivity contribution < 1.29 is 23.1 Å². The van der Waals surface area contributed by atoms with E-state index >= 15 is 4.39 Å². The lowest BCUT2D eigenvalue weighted by atomic mass is 10.0. The van der Waals surface area contributed by atoms with E-state index in [1.807, 2.05) is 0 Å². The molecule has 1 unspecified atom stereocenters. The first-order chi connectivity index (χ1) is 16.4. The van der Waals surface area contributed by atoms with Gasteiger partial charge in [-0.25, -0.2) is 18.6 Å². The van der Waals surface area contributed by atoms with Crippen molar-refractivity contribution in [2.75, 3.05) is 38.6 Å². The zero-order valence-electron chi connectivity index (χ0n) is 19.3. The van der Waals surface area contributed by atoms with Gasteiger partial charge < -0.3 is 19.9 Å². The summed E-state index contributed by atoms with van der Waals surface area (Å²) in [4.78, 5) is 36.8. The molecule has 1 aliphatic heterocycles. The minimum Gasteiger partial charge on any atom is -0.495 e. The quantitative estimate of drug-likeness (QED) is 0.508. The maximum absolute atomic E-state index is 15.3. The maximum Gasteiger partial charge on any atom is 0.321 e. The Balaban J connectivity index is 1.58. The maximum atomic E-state index is 15.3. The van der Waals surface area contributed by atoms with E-state index in [1.54, 1.807) is 11.0 Å². The van der Waals surface area contributed by atoms with Crippen LogP contribution in [0.2, 0.25) is 0 Å². The highest BCUT2D eigenvalue weighted by Crippen LogP contribution is 2.28. The number of halogens is 2. The molecular weight excluding hydrogens is 444 g/mol. The molecule has 8 nitrogen and oxygen atoms in total. The van der Waals surface area contributed by atoms with Crippen LogP contribution in [0, 0.1) is 11.6 Å². The predicted molar refractivity (Wildman–Crippen MR) is 124 cm³/mol. The number of hydrogen-bond acceptors (Lipinski definition) is 5. The van der Waals surface area contributed by atoms with E-state index in [0.717, 1.165) is 31.6 Å². The van der Waals surface area contributed by atoms with Crippen LogP contribution in [0.5, 0.6) is 5.75 Å². The number of pyridine rings is 1. The number of carbonyl (C=O) groups excluding carboxylic acids is 2. The lowest BCUT2D eigenvalue weighted by molar-refractivity contribution is 0.103. The second-order valence-corrected chi connectivity index (χ2v) is 8.13. The van der Waals surface area contributed by atoms with Crippen LogP contribution in [0.3, 0.4) is 0 Å². The summed E-state index contributed by atoms with van der Waals surface area (Å²) in [7, 11) is 1.45. The van der Waals surface area contributed by atoms with Gasteiger partial charge in [-0.2, -0.15) is 0 Å². The molecule has 4 rings (SSSR count). The second-order valence-electron chi connectivity index (χ2n) is 8.13. The highest BCUT2D eigenvalue weighted by molar-refractivity contribution is 6.16. The molecule has 2 amide bonds. The molecule has 1 saturated heterocycles. The van der Waals surface area contributed by atoms with E-state index in [1.165, 1.54) is 19.5 Å². The second kappa shape index (κ2) is 9.76. The number of anilines is 1. The summed E-state index contributed by atoms with van der Waals surface area (Å²) in [6.45, 7) is 6.95. The van der Waals surface area contributed by atoms with E-state index in [-0.39, 0.29) is 17.3 Å². The number of H-pyrrole nitrogens is 1. The lowest BCUT2D eigenvalue weighted by Crippen LogP contribution is -2.40. The number of fused-ring (bicyclic) bond motifs is 1. The highest BCUT2D eigenvalue weighted by atomic mass is 19.1. The monoisotopic (exact) mass is 471 g/mol. The SMILES string of the molecule is CCN(CC)C1CCN(C(=O)Nc2ccc(F)c(C(=O)c3c[nH]c4ncc(OC)cc34)c2F)C1. The number of benzene rings is 1. The van der Waals surface area contributed by atoms with E-state index in [0.29, 0.717) is 29.9 Å². The lowest BCUT2D eigenvalue weighted by Gasteiger charge is -2.26. The van der Waals surface area contributed by atoms with Crippen LogP contribution in [0.25, 0.3) is 11.0 Å². The molecule has 2 N–H and O–H groups in total. The Morgan fingerprint density at radius 1 is 1.29 bits per heavy atom. The summed E-state index contributed by atoms with van der Waals surface area (Å²) in [5.41, 5.74) is -0.573. The molecule has 1 aromatic carbocycles. The van der Waals surface area contributed by atoms with Crippen LogP contribution in [0.4, 0.5) is 19.3 Å². The molecule has 2 aromatic heterocycles. The molecule has 0 bridgehead atoms. The first-order valence-electron chi connectivity index (χ1n) is 11.2. The smallest absolute Gasteiger partial charge is 0.321 e. The molecule has 1 fully saturated rings. The topological polar surface area (TPSA) is 90.6 Å². The molecule has 0 radical (unpaired) electrons. The van der Waals surface area contributed by atoms with Crippen molar-refractivity contribution in [3.05, 3.63) is 53.4 Å². The zero-order valence-corrected chi connectivity index (χ0v) is 19.3. The van der Waals surface area contributed by atoms with Gasteiger partial charge in [0.1, 0.15) is 17.2 Å². The number of aromatic nitrogens is 2. The van der Waals surface area contributed by atoms with Crippen molar-refractivity contribution in [1.82, 2.24) is 19.8 Å². The Bertz CT molecular complexity index is 1220. The third-order valence-electron chi connectivity index (χ3n) is 6.33. The van der Waals surface area contributed by atoms with E-state index in [4.69, 9.17) is 4.74 Å². The molecule has 0 aliphatic carbocycles. The van der Waals surface area contributed by atoms with Crippen molar-refractivity contribution in [2.24, 2.45) is 0 Å². The van der Waals surface area contributed by atoms with E-state index < -0.39 is 29.0 Å². The summed E-state index contributed by atoms with van der Waals surface area (Å²) in [5, 5.41) is 2.88. The summed E-state index contributed by atoms with van der Waals surface area (Å²) in [6.07, 6.45) is 3.64. The number of likely N-dealkylation sites (N-methyl/N-ethyl adjacent to an activating group) is 1.